The molecule has 1 fully saturated rings. The Morgan fingerprint density at radius 2 is 2.04 bits per heavy atom. The first-order valence-corrected chi connectivity index (χ1v) is 10.3. The molecule has 1 aliphatic rings. The Bertz CT molecular complexity index is 1010. The average molecular weight is 355 g/mol. The highest BCUT2D eigenvalue weighted by Gasteiger charge is 2.24. The second kappa shape index (κ2) is 5.89. The molecule has 0 radical (unpaired) electrons. The second-order valence-electron chi connectivity index (χ2n) is 6.68. The summed E-state index contributed by atoms with van der Waals surface area (Å²) in [6, 6.07) is 15.7. The second-order valence-corrected chi connectivity index (χ2v) is 8.84. The molecule has 3 aromatic rings. The molecule has 1 saturated heterocycles. The van der Waals surface area contributed by atoms with Crippen LogP contribution < -0.4 is 4.90 Å². The molecule has 3 N–H and O–H groups in total. The lowest BCUT2D eigenvalue weighted by Gasteiger charge is -2.22. The summed E-state index contributed by atoms with van der Waals surface area (Å²) in [5.41, 5.74) is 3.89. The lowest BCUT2D eigenvalue weighted by atomic mass is 10.1. The number of hydrogen-bond acceptors (Lipinski definition) is 4. The summed E-state index contributed by atoms with van der Waals surface area (Å²) in [5, 5.41) is 11.0. The Kier molecular flexibility index (Phi) is 3.81. The molecule has 2 aromatic carbocycles. The Balaban J connectivity index is 1.90. The molecular weight excluding hydrogens is 334 g/mol. The molecule has 0 spiro atoms. The van der Waals surface area contributed by atoms with Crippen LogP contribution in [0.25, 0.3) is 22.2 Å². The van der Waals surface area contributed by atoms with Gasteiger partial charge in [-0.05, 0) is 36.8 Å². The van der Waals surface area contributed by atoms with Crippen molar-refractivity contribution in [3.63, 3.8) is 0 Å². The van der Waals surface area contributed by atoms with Gasteiger partial charge in [-0.1, -0.05) is 18.2 Å². The van der Waals surface area contributed by atoms with E-state index in [9.17, 15) is 9.32 Å². The molecule has 0 unspecified atom stereocenters. The van der Waals surface area contributed by atoms with Crippen molar-refractivity contribution in [1.82, 2.24) is 4.98 Å². The van der Waals surface area contributed by atoms with Crippen molar-refractivity contribution in [2.45, 2.75) is 17.4 Å². The van der Waals surface area contributed by atoms with Gasteiger partial charge < -0.3 is 15.0 Å². The number of H-pyrrole nitrogens is 1. The SMILES string of the molecule is C[S@](=N)(=O)c1ccc(N2CC[C@H](O)C2)c(-c2cc3ccccc3[nH]2)c1. The predicted molar refractivity (Wildman–Crippen MR) is 102 cm³/mol. The van der Waals surface area contributed by atoms with E-state index in [-0.39, 0.29) is 6.10 Å². The van der Waals surface area contributed by atoms with Crippen LogP contribution in [0.15, 0.2) is 53.4 Å². The van der Waals surface area contributed by atoms with Crippen LogP contribution in [0.2, 0.25) is 0 Å². The van der Waals surface area contributed by atoms with Crippen molar-refractivity contribution >= 4 is 26.3 Å². The zero-order valence-electron chi connectivity index (χ0n) is 14.0. The molecule has 0 amide bonds. The van der Waals surface area contributed by atoms with Gasteiger partial charge in [-0.25, -0.2) is 8.99 Å². The highest BCUT2D eigenvalue weighted by Crippen LogP contribution is 2.36. The van der Waals surface area contributed by atoms with Crippen LogP contribution in [0, 0.1) is 4.78 Å². The summed E-state index contributed by atoms with van der Waals surface area (Å²) < 4.78 is 20.1. The number of hydrogen-bond donors (Lipinski definition) is 3. The molecule has 2 atom stereocenters. The molecular formula is C19H21N3O2S. The third kappa shape index (κ3) is 3.03. The normalized spacial score (nSPS) is 20.1. The highest BCUT2D eigenvalue weighted by atomic mass is 32.2. The van der Waals surface area contributed by atoms with E-state index in [1.807, 2.05) is 36.4 Å². The van der Waals surface area contributed by atoms with Crippen LogP contribution >= 0.6 is 0 Å². The van der Waals surface area contributed by atoms with Crippen LogP contribution in [0.3, 0.4) is 0 Å². The number of β-amino-alcohol motifs (C(OH)–C–C–N with tert-alkyl or cyclic N) is 1. The van der Waals surface area contributed by atoms with Gasteiger partial charge in [-0.15, -0.1) is 0 Å². The first kappa shape index (κ1) is 16.2. The van der Waals surface area contributed by atoms with Crippen molar-refractivity contribution in [3.8, 4) is 11.3 Å². The van der Waals surface area contributed by atoms with Crippen molar-refractivity contribution in [3.05, 3.63) is 48.5 Å². The van der Waals surface area contributed by atoms with Gasteiger partial charge in [0, 0.05) is 52.1 Å². The first-order chi connectivity index (χ1) is 11.9. The smallest absolute Gasteiger partial charge is 0.0731 e. The number of nitrogens with one attached hydrogen (secondary N) is 2. The maximum absolute atomic E-state index is 12.2. The van der Waals surface area contributed by atoms with Crippen molar-refractivity contribution in [1.29, 1.82) is 4.78 Å². The van der Waals surface area contributed by atoms with Gasteiger partial charge in [0.15, 0.2) is 0 Å². The Labute approximate surface area is 147 Å². The van der Waals surface area contributed by atoms with Crippen LogP contribution in [0.4, 0.5) is 5.69 Å². The first-order valence-electron chi connectivity index (χ1n) is 8.31. The summed E-state index contributed by atoms with van der Waals surface area (Å²) in [6.45, 7) is 1.38. The van der Waals surface area contributed by atoms with Gasteiger partial charge in [0.1, 0.15) is 0 Å². The van der Waals surface area contributed by atoms with E-state index < -0.39 is 9.73 Å². The number of rotatable bonds is 3. The summed E-state index contributed by atoms with van der Waals surface area (Å²) in [5.74, 6) is 0. The van der Waals surface area contributed by atoms with E-state index in [0.717, 1.165) is 40.8 Å². The minimum absolute atomic E-state index is 0.318. The Hall–Kier alpha value is -2.31. The summed E-state index contributed by atoms with van der Waals surface area (Å²) in [7, 11) is -2.80. The number of aliphatic hydroxyl groups is 1. The van der Waals surface area contributed by atoms with Gasteiger partial charge in [-0.2, -0.15) is 0 Å². The van der Waals surface area contributed by atoms with Gasteiger partial charge in [0.05, 0.1) is 15.8 Å². The largest absolute Gasteiger partial charge is 0.391 e. The summed E-state index contributed by atoms with van der Waals surface area (Å²) in [6.07, 6.45) is 1.87. The number of aromatic nitrogens is 1. The van der Waals surface area contributed by atoms with E-state index in [4.69, 9.17) is 4.78 Å². The van der Waals surface area contributed by atoms with Crippen LogP contribution in [-0.2, 0) is 9.73 Å². The summed E-state index contributed by atoms with van der Waals surface area (Å²) in [4.78, 5) is 6.09. The van der Waals surface area contributed by atoms with Crippen molar-refractivity contribution < 1.29 is 9.32 Å². The fourth-order valence-electron chi connectivity index (χ4n) is 3.43. The molecule has 25 heavy (non-hydrogen) atoms. The molecule has 1 aliphatic heterocycles. The molecule has 0 bridgehead atoms. The number of nitrogens with zero attached hydrogens (tertiary/aromatic N) is 1. The molecule has 6 heteroatoms. The third-order valence-corrected chi connectivity index (χ3v) is 5.90. The molecule has 0 saturated carbocycles. The molecule has 5 nitrogen and oxygen atoms in total. The highest BCUT2D eigenvalue weighted by molar-refractivity contribution is 7.91. The number of aliphatic hydroxyl groups excluding tert-OH is 1. The minimum atomic E-state index is -2.80. The standard InChI is InChI=1S/C19H21N3O2S/c1-25(20,24)15-6-7-19(22-9-8-14(23)12-22)16(11-15)18-10-13-4-2-3-5-17(13)21-18/h2-7,10-11,14,20-21,23H,8-9,12H2,1H3/t14-,25-/m0/s1. The van der Waals surface area contributed by atoms with Crippen LogP contribution in [-0.4, -0.2) is 39.7 Å². The Morgan fingerprint density at radius 1 is 1.24 bits per heavy atom. The van der Waals surface area contributed by atoms with Crippen LogP contribution in [0.5, 0.6) is 0 Å². The van der Waals surface area contributed by atoms with Gasteiger partial charge in [0.2, 0.25) is 0 Å². The van der Waals surface area contributed by atoms with E-state index in [1.54, 1.807) is 6.07 Å². The molecule has 0 aliphatic carbocycles. The number of benzene rings is 2. The van der Waals surface area contributed by atoms with E-state index in [0.29, 0.717) is 11.4 Å². The maximum Gasteiger partial charge on any atom is 0.0731 e. The van der Waals surface area contributed by atoms with E-state index in [2.05, 4.69) is 16.0 Å². The van der Waals surface area contributed by atoms with Gasteiger partial charge in [-0.3, -0.25) is 0 Å². The maximum atomic E-state index is 12.2. The van der Waals surface area contributed by atoms with Crippen molar-refractivity contribution in [2.75, 3.05) is 24.2 Å². The van der Waals surface area contributed by atoms with Gasteiger partial charge >= 0.3 is 0 Å². The fourth-order valence-corrected chi connectivity index (χ4v) is 4.10. The Morgan fingerprint density at radius 3 is 2.72 bits per heavy atom. The lowest BCUT2D eigenvalue weighted by molar-refractivity contribution is 0.198. The molecule has 2 heterocycles. The lowest BCUT2D eigenvalue weighted by Crippen LogP contribution is -2.22. The van der Waals surface area contributed by atoms with Gasteiger partial charge in [0.25, 0.3) is 0 Å². The van der Waals surface area contributed by atoms with Crippen molar-refractivity contribution in [2.24, 2.45) is 0 Å². The molecule has 4 rings (SSSR count). The average Bonchev–Trinajstić information content (AvgIpc) is 3.19. The monoisotopic (exact) mass is 355 g/mol. The summed E-state index contributed by atoms with van der Waals surface area (Å²) >= 11 is 0. The molecule has 130 valence electrons. The quantitative estimate of drug-likeness (QED) is 0.673. The topological polar surface area (TPSA) is 80.2 Å². The zero-order chi connectivity index (χ0) is 17.6. The molecule has 1 aromatic heterocycles. The number of fused-ring (bicyclic) bond motifs is 1. The predicted octanol–water partition coefficient (Wildman–Crippen LogP) is 3.44. The number of anilines is 1. The minimum Gasteiger partial charge on any atom is -0.391 e. The zero-order valence-corrected chi connectivity index (χ0v) is 14.8. The van der Waals surface area contributed by atoms with E-state index in [1.165, 1.54) is 6.26 Å². The number of aromatic amines is 1. The van der Waals surface area contributed by atoms with E-state index >= 15 is 0 Å². The third-order valence-electron chi connectivity index (χ3n) is 4.74. The fraction of sp³-hybridized carbons (Fsp3) is 0.263. The van der Waals surface area contributed by atoms with Crippen LogP contribution in [0.1, 0.15) is 6.42 Å². The number of para-hydroxylation sites is 1.